The van der Waals surface area contributed by atoms with Gasteiger partial charge in [-0.25, -0.2) is 8.78 Å². The summed E-state index contributed by atoms with van der Waals surface area (Å²) in [6.45, 7) is 0.0132. The van der Waals surface area contributed by atoms with Gasteiger partial charge in [-0.3, -0.25) is 0 Å². The van der Waals surface area contributed by atoms with Crippen LogP contribution < -0.4 is 5.32 Å². The zero-order chi connectivity index (χ0) is 13.1. The van der Waals surface area contributed by atoms with Crippen LogP contribution in [0, 0.1) is 11.6 Å². The molecule has 3 nitrogen and oxygen atoms in total. The molecule has 0 bridgehead atoms. The van der Waals surface area contributed by atoms with E-state index in [4.69, 9.17) is 9.52 Å². The third-order valence-corrected chi connectivity index (χ3v) is 2.94. The lowest BCUT2D eigenvalue weighted by Gasteiger charge is -2.07. The first-order valence-corrected chi connectivity index (χ1v) is 5.96. The van der Waals surface area contributed by atoms with Crippen LogP contribution in [-0.2, 0) is 13.2 Å². The molecule has 0 aliphatic carbocycles. The Labute approximate surface area is 111 Å². The Morgan fingerprint density at radius 2 is 1.89 bits per heavy atom. The first-order valence-electron chi connectivity index (χ1n) is 5.17. The van der Waals surface area contributed by atoms with E-state index < -0.39 is 11.6 Å². The predicted octanol–water partition coefficient (Wildman–Crippen LogP) is 3.42. The highest BCUT2D eigenvalue weighted by Gasteiger charge is 2.08. The Morgan fingerprint density at radius 3 is 2.56 bits per heavy atom. The molecule has 6 heteroatoms. The van der Waals surface area contributed by atoms with Crippen molar-refractivity contribution in [2.75, 3.05) is 5.32 Å². The van der Waals surface area contributed by atoms with Crippen molar-refractivity contribution < 1.29 is 18.3 Å². The molecule has 0 spiro atoms. The van der Waals surface area contributed by atoms with Crippen LogP contribution in [0.25, 0.3) is 0 Å². The van der Waals surface area contributed by atoms with Crippen molar-refractivity contribution in [3.8, 4) is 0 Å². The molecule has 1 heterocycles. The summed E-state index contributed by atoms with van der Waals surface area (Å²) in [5.74, 6) is -0.150. The van der Waals surface area contributed by atoms with Crippen LogP contribution in [0.15, 0.2) is 33.2 Å². The molecule has 0 aliphatic heterocycles. The first kappa shape index (κ1) is 13.0. The third kappa shape index (κ3) is 2.88. The fourth-order valence-electron chi connectivity index (χ4n) is 1.44. The number of furan rings is 1. The zero-order valence-corrected chi connectivity index (χ0v) is 10.8. The maximum atomic E-state index is 13.5. The van der Waals surface area contributed by atoms with E-state index >= 15 is 0 Å². The Hall–Kier alpha value is -1.40. The fourth-order valence-corrected chi connectivity index (χ4v) is 1.76. The van der Waals surface area contributed by atoms with Gasteiger partial charge in [0, 0.05) is 6.07 Å². The molecule has 96 valence electrons. The molecule has 1 aromatic carbocycles. The van der Waals surface area contributed by atoms with Crippen molar-refractivity contribution in [1.29, 1.82) is 0 Å². The molecule has 18 heavy (non-hydrogen) atoms. The normalized spacial score (nSPS) is 10.7. The van der Waals surface area contributed by atoms with Crippen LogP contribution in [0.4, 0.5) is 14.5 Å². The molecular weight excluding hydrogens is 308 g/mol. The molecule has 0 saturated heterocycles. The minimum Gasteiger partial charge on any atom is -0.462 e. The fraction of sp³-hybridized carbons (Fsp3) is 0.167. The van der Waals surface area contributed by atoms with Crippen molar-refractivity contribution >= 4 is 21.6 Å². The predicted molar refractivity (Wildman–Crippen MR) is 66.0 cm³/mol. The van der Waals surface area contributed by atoms with Gasteiger partial charge in [0.15, 0.2) is 0 Å². The minimum absolute atomic E-state index is 0.0534. The largest absolute Gasteiger partial charge is 0.462 e. The second-order valence-corrected chi connectivity index (χ2v) is 4.48. The summed E-state index contributed by atoms with van der Waals surface area (Å²) >= 11 is 2.90. The second-order valence-electron chi connectivity index (χ2n) is 3.63. The summed E-state index contributed by atoms with van der Waals surface area (Å²) < 4.78 is 32.0. The number of benzene rings is 1. The summed E-state index contributed by atoms with van der Waals surface area (Å²) in [5.41, 5.74) is 0.0534. The number of rotatable bonds is 4. The highest BCUT2D eigenvalue weighted by atomic mass is 79.9. The van der Waals surface area contributed by atoms with Crippen LogP contribution in [-0.4, -0.2) is 5.11 Å². The lowest BCUT2D eigenvalue weighted by atomic mass is 10.3. The lowest BCUT2D eigenvalue weighted by Crippen LogP contribution is -2.01. The van der Waals surface area contributed by atoms with Gasteiger partial charge in [-0.2, -0.15) is 0 Å². The number of nitrogens with one attached hydrogen (secondary N) is 1. The van der Waals surface area contributed by atoms with Crippen molar-refractivity contribution in [3.63, 3.8) is 0 Å². The van der Waals surface area contributed by atoms with E-state index in [1.165, 1.54) is 0 Å². The molecule has 2 aromatic rings. The number of anilines is 1. The summed E-state index contributed by atoms with van der Waals surface area (Å²) in [7, 11) is 0. The van der Waals surface area contributed by atoms with Gasteiger partial charge in [-0.15, -0.1) is 0 Å². The molecule has 0 atom stereocenters. The van der Waals surface area contributed by atoms with Crippen molar-refractivity contribution in [2.24, 2.45) is 0 Å². The molecule has 1 aromatic heterocycles. The maximum Gasteiger partial charge on any atom is 0.147 e. The number of hydrogen-bond acceptors (Lipinski definition) is 3. The van der Waals surface area contributed by atoms with E-state index in [2.05, 4.69) is 21.2 Å². The quantitative estimate of drug-likeness (QED) is 0.849. The molecule has 2 rings (SSSR count). The Morgan fingerprint density at radius 1 is 1.17 bits per heavy atom. The summed E-state index contributed by atoms with van der Waals surface area (Å²) in [6.07, 6.45) is 0. The van der Waals surface area contributed by atoms with E-state index in [1.807, 2.05) is 0 Å². The van der Waals surface area contributed by atoms with E-state index in [0.29, 0.717) is 11.5 Å². The summed E-state index contributed by atoms with van der Waals surface area (Å²) in [6, 6.07) is 5.40. The molecule has 0 aliphatic rings. The molecule has 0 fully saturated rings. The second kappa shape index (κ2) is 5.49. The maximum absolute atomic E-state index is 13.5. The average Bonchev–Trinajstić information content (AvgIpc) is 2.80. The van der Waals surface area contributed by atoms with E-state index in [9.17, 15) is 8.78 Å². The van der Waals surface area contributed by atoms with Crippen LogP contribution in [0.1, 0.15) is 11.5 Å². The lowest BCUT2D eigenvalue weighted by molar-refractivity contribution is 0.244. The molecule has 0 saturated carbocycles. The standard InChI is InChI=1S/C12H10BrF2NO2/c13-9-3-11(15)12(4-10(9)14)16-5-7-1-2-8(6-17)18-7/h1-4,16-17H,5-6H2. The van der Waals surface area contributed by atoms with Gasteiger partial charge >= 0.3 is 0 Å². The summed E-state index contributed by atoms with van der Waals surface area (Å²) in [4.78, 5) is 0. The van der Waals surface area contributed by atoms with Gasteiger partial charge in [0.1, 0.15) is 29.8 Å². The average molecular weight is 318 g/mol. The number of aliphatic hydroxyl groups excluding tert-OH is 1. The van der Waals surface area contributed by atoms with E-state index in [1.54, 1.807) is 12.1 Å². The third-order valence-electron chi connectivity index (χ3n) is 2.34. The van der Waals surface area contributed by atoms with Gasteiger partial charge in [0.25, 0.3) is 0 Å². The van der Waals surface area contributed by atoms with Crippen LogP contribution in [0.3, 0.4) is 0 Å². The number of aliphatic hydroxyl groups is 1. The van der Waals surface area contributed by atoms with Gasteiger partial charge in [0.05, 0.1) is 16.7 Å². The topological polar surface area (TPSA) is 45.4 Å². The molecule has 2 N–H and O–H groups in total. The zero-order valence-electron chi connectivity index (χ0n) is 9.21. The highest BCUT2D eigenvalue weighted by Crippen LogP contribution is 2.23. The van der Waals surface area contributed by atoms with Gasteiger partial charge < -0.3 is 14.8 Å². The minimum atomic E-state index is -0.558. The van der Waals surface area contributed by atoms with Crippen LogP contribution in [0.5, 0.6) is 0 Å². The van der Waals surface area contributed by atoms with Crippen molar-refractivity contribution in [1.82, 2.24) is 0 Å². The van der Waals surface area contributed by atoms with Crippen molar-refractivity contribution in [3.05, 3.63) is 51.9 Å². The Balaban J connectivity index is 2.08. The molecular formula is C12H10BrF2NO2. The molecule has 0 radical (unpaired) electrons. The number of hydrogen-bond donors (Lipinski definition) is 2. The van der Waals surface area contributed by atoms with Gasteiger partial charge in [-0.05, 0) is 34.1 Å². The monoisotopic (exact) mass is 317 g/mol. The van der Waals surface area contributed by atoms with Gasteiger partial charge in [-0.1, -0.05) is 0 Å². The Bertz CT molecular complexity index is 557. The van der Waals surface area contributed by atoms with E-state index in [-0.39, 0.29) is 23.3 Å². The highest BCUT2D eigenvalue weighted by molar-refractivity contribution is 9.10. The number of halogens is 3. The van der Waals surface area contributed by atoms with Crippen molar-refractivity contribution in [2.45, 2.75) is 13.2 Å². The van der Waals surface area contributed by atoms with E-state index in [0.717, 1.165) is 12.1 Å². The smallest absolute Gasteiger partial charge is 0.147 e. The summed E-state index contributed by atoms with van der Waals surface area (Å²) in [5, 5.41) is 11.5. The van der Waals surface area contributed by atoms with Crippen LogP contribution >= 0.6 is 15.9 Å². The first-order chi connectivity index (χ1) is 8.60. The molecule has 0 amide bonds. The molecule has 0 unspecified atom stereocenters. The Kier molecular flexibility index (Phi) is 3.98. The van der Waals surface area contributed by atoms with Gasteiger partial charge in [0.2, 0.25) is 0 Å². The van der Waals surface area contributed by atoms with Crippen LogP contribution in [0.2, 0.25) is 0 Å². The SMILES string of the molecule is OCc1ccc(CNc2cc(F)c(Br)cc2F)o1.